The van der Waals surface area contributed by atoms with Crippen molar-refractivity contribution >= 4 is 35.6 Å². The van der Waals surface area contributed by atoms with Crippen molar-refractivity contribution in [3.63, 3.8) is 0 Å². The van der Waals surface area contributed by atoms with Crippen LogP contribution in [0.5, 0.6) is 0 Å². The minimum atomic E-state index is -1.56. The molecule has 2 aliphatic carbocycles. The molecule has 41 heavy (non-hydrogen) atoms. The van der Waals surface area contributed by atoms with Crippen LogP contribution >= 0.6 is 0 Å². The highest BCUT2D eigenvalue weighted by Gasteiger charge is 2.91. The SMILES string of the molecule is CC(=O)O[C@H]1C[C@@]2(C)O[C@H]2[C@@H]2OC(=O)[C@]3(C)O[C@]23[C@@H](OC(C)=O)[C@H]2[C@@H](C)C(=O)C[C@H](OC(C)=O)[C@]2(C)[C@H]1OC(C)=O. The highest BCUT2D eigenvalue weighted by molar-refractivity contribution is 5.89. The predicted molar refractivity (Wildman–Crippen MR) is 133 cm³/mol. The Balaban J connectivity index is 1.81. The van der Waals surface area contributed by atoms with Crippen molar-refractivity contribution < 1.29 is 61.9 Å². The molecule has 2 saturated carbocycles. The van der Waals surface area contributed by atoms with Crippen LogP contribution < -0.4 is 0 Å². The van der Waals surface area contributed by atoms with E-state index in [9.17, 15) is 28.8 Å². The third-order valence-corrected chi connectivity index (χ3v) is 9.70. The Morgan fingerprint density at radius 1 is 0.805 bits per heavy atom. The molecule has 0 radical (unpaired) electrons. The maximum atomic E-state index is 13.5. The van der Waals surface area contributed by atoms with Crippen LogP contribution in [-0.2, 0) is 61.9 Å². The Hall–Kier alpha value is -3.06. The van der Waals surface area contributed by atoms with Gasteiger partial charge in [-0.25, -0.2) is 4.79 Å². The third-order valence-electron chi connectivity index (χ3n) is 9.70. The van der Waals surface area contributed by atoms with Gasteiger partial charge in [-0.1, -0.05) is 13.8 Å². The van der Waals surface area contributed by atoms with Gasteiger partial charge in [0.25, 0.3) is 0 Å². The number of Topliss-reactive ketones (excluding diaryl/α,β-unsaturated/α-hetero) is 1. The first-order valence-corrected chi connectivity index (χ1v) is 13.7. The van der Waals surface area contributed by atoms with Gasteiger partial charge in [-0.3, -0.25) is 24.0 Å². The molecule has 0 N–H and O–H groups in total. The fourth-order valence-corrected chi connectivity index (χ4v) is 7.82. The van der Waals surface area contributed by atoms with E-state index in [0.717, 1.165) is 0 Å². The van der Waals surface area contributed by atoms with E-state index in [2.05, 4.69) is 0 Å². The summed E-state index contributed by atoms with van der Waals surface area (Å²) in [6, 6.07) is 0. The molecule has 3 heterocycles. The van der Waals surface area contributed by atoms with Crippen molar-refractivity contribution in [3.05, 3.63) is 0 Å². The van der Waals surface area contributed by atoms with Crippen LogP contribution in [-0.4, -0.2) is 89.1 Å². The van der Waals surface area contributed by atoms with Gasteiger partial charge >= 0.3 is 29.8 Å². The largest absolute Gasteiger partial charge is 0.461 e. The third kappa shape index (κ3) is 4.17. The standard InChI is InChI=1S/C28H36O13/c1-11-16(33)9-18(36-13(3)30)26(7)19(11)21(38-15(5)32)28-23(39-24(34)27(28,8)41-28)22-25(6,40-22)10-17(35-12(2)29)20(26)37-14(4)31/h11,17-23H,9-10H2,1-8H3/t11-,17-,18-,19+,20-,21-,22-,23-,25+,26-,27-,28+/m0/s1. The number of ketones is 1. The zero-order valence-electron chi connectivity index (χ0n) is 24.3. The molecule has 3 aliphatic heterocycles. The lowest BCUT2D eigenvalue weighted by Gasteiger charge is -2.55. The second kappa shape index (κ2) is 9.22. The van der Waals surface area contributed by atoms with Gasteiger partial charge in [0, 0.05) is 52.4 Å². The van der Waals surface area contributed by atoms with Crippen molar-refractivity contribution in [2.75, 3.05) is 0 Å². The monoisotopic (exact) mass is 580 g/mol. The Kier molecular flexibility index (Phi) is 6.62. The van der Waals surface area contributed by atoms with Gasteiger partial charge in [0.2, 0.25) is 0 Å². The van der Waals surface area contributed by atoms with Gasteiger partial charge < -0.3 is 33.2 Å². The molecule has 5 rings (SSSR count). The highest BCUT2D eigenvalue weighted by Crippen LogP contribution is 2.68. The number of ether oxygens (including phenoxy) is 7. The molecule has 5 aliphatic rings. The zero-order valence-corrected chi connectivity index (χ0v) is 24.3. The lowest BCUT2D eigenvalue weighted by Crippen LogP contribution is -2.68. The Labute approximate surface area is 236 Å². The van der Waals surface area contributed by atoms with Crippen LogP contribution in [0, 0.1) is 17.3 Å². The summed E-state index contributed by atoms with van der Waals surface area (Å²) in [5.41, 5.74) is -5.65. The normalized spacial score (nSPS) is 47.7. The van der Waals surface area contributed by atoms with Crippen LogP contribution in [0.15, 0.2) is 0 Å². The summed E-state index contributed by atoms with van der Waals surface area (Å²) in [6.07, 6.45) is -7.01. The minimum Gasteiger partial charge on any atom is -0.461 e. The van der Waals surface area contributed by atoms with E-state index in [4.69, 9.17) is 33.2 Å². The van der Waals surface area contributed by atoms with Gasteiger partial charge in [0.1, 0.15) is 36.3 Å². The molecule has 5 fully saturated rings. The molecule has 0 aromatic rings. The summed E-state index contributed by atoms with van der Waals surface area (Å²) in [5.74, 6) is -5.77. The molecule has 12 atom stereocenters. The summed E-state index contributed by atoms with van der Waals surface area (Å²) < 4.78 is 41.5. The van der Waals surface area contributed by atoms with Crippen molar-refractivity contribution in [1.82, 2.24) is 0 Å². The van der Waals surface area contributed by atoms with Gasteiger partial charge in [0.15, 0.2) is 17.3 Å². The first-order valence-electron chi connectivity index (χ1n) is 13.7. The molecule has 13 nitrogen and oxygen atoms in total. The molecule has 0 amide bonds. The number of carbonyl (C=O) groups excluding carboxylic acids is 6. The number of fused-ring (bicyclic) bond motifs is 3. The van der Waals surface area contributed by atoms with Gasteiger partial charge in [-0.05, 0) is 13.8 Å². The smallest absolute Gasteiger partial charge is 0.342 e. The number of rotatable bonds is 4. The topological polar surface area (TPSA) is 174 Å². The van der Waals surface area contributed by atoms with Crippen LogP contribution in [0.2, 0.25) is 0 Å². The van der Waals surface area contributed by atoms with Crippen LogP contribution in [0.3, 0.4) is 0 Å². The van der Waals surface area contributed by atoms with E-state index in [1.165, 1.54) is 34.6 Å². The van der Waals surface area contributed by atoms with Crippen molar-refractivity contribution in [2.24, 2.45) is 17.3 Å². The Bertz CT molecular complexity index is 1230. The van der Waals surface area contributed by atoms with E-state index >= 15 is 0 Å². The average molecular weight is 581 g/mol. The van der Waals surface area contributed by atoms with E-state index in [-0.39, 0.29) is 18.6 Å². The molecule has 1 spiro atoms. The average Bonchev–Trinajstić information content (AvgIpc) is 3.67. The fraction of sp³-hybridized carbons (Fsp3) is 0.786. The van der Waals surface area contributed by atoms with E-state index in [1.807, 2.05) is 0 Å². The van der Waals surface area contributed by atoms with Crippen molar-refractivity contribution in [2.45, 2.75) is 122 Å². The number of hydrogen-bond acceptors (Lipinski definition) is 13. The summed E-state index contributed by atoms with van der Waals surface area (Å²) in [6.45, 7) is 11.3. The van der Waals surface area contributed by atoms with Crippen LogP contribution in [0.25, 0.3) is 0 Å². The second-order valence-corrected chi connectivity index (χ2v) is 12.5. The quantitative estimate of drug-likeness (QED) is 0.261. The zero-order chi connectivity index (χ0) is 30.4. The minimum absolute atomic E-state index is 0.00565. The molecule has 0 aromatic carbocycles. The lowest BCUT2D eigenvalue weighted by atomic mass is 9.53. The molecular formula is C28H36O13. The number of carbonyl (C=O) groups is 6. The molecule has 0 unspecified atom stereocenters. The summed E-state index contributed by atoms with van der Waals surface area (Å²) >= 11 is 0. The van der Waals surface area contributed by atoms with Crippen LogP contribution in [0.1, 0.15) is 68.2 Å². The maximum absolute atomic E-state index is 13.5. The summed E-state index contributed by atoms with van der Waals surface area (Å²) in [7, 11) is 0. The first kappa shape index (κ1) is 29.4. The van der Waals surface area contributed by atoms with Crippen molar-refractivity contribution in [3.8, 4) is 0 Å². The second-order valence-electron chi connectivity index (χ2n) is 12.5. The summed E-state index contributed by atoms with van der Waals surface area (Å²) in [5, 5.41) is 0. The van der Waals surface area contributed by atoms with E-state index in [1.54, 1.807) is 20.8 Å². The van der Waals surface area contributed by atoms with Gasteiger partial charge in [-0.2, -0.15) is 0 Å². The number of hydrogen-bond donors (Lipinski definition) is 0. The van der Waals surface area contributed by atoms with Gasteiger partial charge in [0.05, 0.1) is 11.0 Å². The Morgan fingerprint density at radius 3 is 1.90 bits per heavy atom. The van der Waals surface area contributed by atoms with E-state index in [0.29, 0.717) is 0 Å². The molecule has 13 heteroatoms. The Morgan fingerprint density at radius 2 is 1.37 bits per heavy atom. The molecule has 0 bridgehead atoms. The first-order chi connectivity index (χ1) is 18.9. The van der Waals surface area contributed by atoms with Crippen molar-refractivity contribution in [1.29, 1.82) is 0 Å². The van der Waals surface area contributed by atoms with Crippen LogP contribution in [0.4, 0.5) is 0 Å². The van der Waals surface area contributed by atoms with E-state index < -0.39 is 101 Å². The lowest BCUT2D eigenvalue weighted by molar-refractivity contribution is -0.233. The molecular weight excluding hydrogens is 544 g/mol. The predicted octanol–water partition coefficient (Wildman–Crippen LogP) is 0.959. The molecule has 3 saturated heterocycles. The fourth-order valence-electron chi connectivity index (χ4n) is 7.82. The highest BCUT2D eigenvalue weighted by atomic mass is 16.8. The summed E-state index contributed by atoms with van der Waals surface area (Å²) in [4.78, 5) is 76.8. The van der Waals surface area contributed by atoms with Gasteiger partial charge in [-0.15, -0.1) is 0 Å². The maximum Gasteiger partial charge on any atom is 0.342 e. The molecule has 0 aromatic heterocycles. The number of esters is 5. The molecule has 226 valence electrons. The number of epoxide rings is 2.